The molecule has 0 radical (unpaired) electrons. The van der Waals surface area contributed by atoms with Crippen molar-refractivity contribution < 1.29 is 18.9 Å². The van der Waals surface area contributed by atoms with Crippen LogP contribution in [0.25, 0.3) is 0 Å². The van der Waals surface area contributed by atoms with Crippen molar-refractivity contribution in [1.82, 2.24) is 5.32 Å². The Labute approximate surface area is 150 Å². The summed E-state index contributed by atoms with van der Waals surface area (Å²) in [4.78, 5) is 0. The Balaban J connectivity index is 1.63. The Morgan fingerprint density at radius 1 is 1.08 bits per heavy atom. The maximum atomic E-state index is 5.61. The normalized spacial score (nSPS) is 12.3. The summed E-state index contributed by atoms with van der Waals surface area (Å²) >= 11 is 3.55. The largest absolute Gasteiger partial charge is 0.493 e. The Hall–Kier alpha value is -1.92. The van der Waals surface area contributed by atoms with Crippen LogP contribution in [0.1, 0.15) is 18.1 Å². The number of halogens is 1. The number of hydrogen-bond donors (Lipinski definition) is 1. The fourth-order valence-corrected chi connectivity index (χ4v) is 3.17. The second kappa shape index (κ2) is 7.77. The first-order valence-electron chi connectivity index (χ1n) is 7.79. The van der Waals surface area contributed by atoms with Gasteiger partial charge in [-0.25, -0.2) is 0 Å². The second-order valence-corrected chi connectivity index (χ2v) is 6.19. The monoisotopic (exact) mass is 393 g/mol. The maximum absolute atomic E-state index is 5.61. The summed E-state index contributed by atoms with van der Waals surface area (Å²) in [6, 6.07) is 10.0. The van der Waals surface area contributed by atoms with E-state index >= 15 is 0 Å². The Morgan fingerprint density at radius 3 is 2.67 bits per heavy atom. The van der Waals surface area contributed by atoms with Gasteiger partial charge in [-0.05, 0) is 58.2 Å². The van der Waals surface area contributed by atoms with Gasteiger partial charge in [0.15, 0.2) is 23.0 Å². The van der Waals surface area contributed by atoms with Gasteiger partial charge in [-0.1, -0.05) is 6.07 Å². The molecule has 0 bridgehead atoms. The Kier molecular flexibility index (Phi) is 5.48. The number of ether oxygens (including phenoxy) is 4. The average Bonchev–Trinajstić information content (AvgIpc) is 3.04. The number of nitrogens with one attached hydrogen (secondary N) is 1. The molecule has 5 nitrogen and oxygen atoms in total. The molecule has 0 aliphatic carbocycles. The quantitative estimate of drug-likeness (QED) is 0.773. The summed E-state index contributed by atoms with van der Waals surface area (Å²) in [7, 11) is 1.65. The van der Waals surface area contributed by atoms with Crippen molar-refractivity contribution in [3.8, 4) is 23.0 Å². The lowest BCUT2D eigenvalue weighted by atomic mass is 10.1. The van der Waals surface area contributed by atoms with Gasteiger partial charge in [-0.2, -0.15) is 0 Å². The van der Waals surface area contributed by atoms with Gasteiger partial charge in [0.2, 0.25) is 6.79 Å². The standard InChI is InChI=1S/C18H20BrNO4/c1-3-22-18-14(19)6-13(8-17(18)21-2)10-20-9-12-4-5-15-16(7-12)24-11-23-15/h4-8,20H,3,9-11H2,1-2H3. The molecular formula is C18H20BrNO4. The summed E-state index contributed by atoms with van der Waals surface area (Å²) < 4.78 is 22.6. The zero-order valence-corrected chi connectivity index (χ0v) is 15.3. The van der Waals surface area contributed by atoms with Crippen molar-refractivity contribution in [2.24, 2.45) is 0 Å². The van der Waals surface area contributed by atoms with Gasteiger partial charge in [-0.3, -0.25) is 0 Å². The summed E-state index contributed by atoms with van der Waals surface area (Å²) in [5.41, 5.74) is 2.26. The van der Waals surface area contributed by atoms with E-state index in [-0.39, 0.29) is 0 Å². The molecule has 0 unspecified atom stereocenters. The highest BCUT2D eigenvalue weighted by Gasteiger charge is 2.13. The molecule has 0 spiro atoms. The van der Waals surface area contributed by atoms with Crippen molar-refractivity contribution in [1.29, 1.82) is 0 Å². The number of methoxy groups -OCH3 is 1. The molecule has 0 aromatic heterocycles. The molecule has 3 rings (SSSR count). The predicted octanol–water partition coefficient (Wildman–Crippen LogP) is 3.87. The van der Waals surface area contributed by atoms with Crippen molar-refractivity contribution in [3.63, 3.8) is 0 Å². The van der Waals surface area contributed by atoms with Crippen LogP contribution in [-0.2, 0) is 13.1 Å². The molecule has 2 aromatic rings. The maximum Gasteiger partial charge on any atom is 0.231 e. The molecule has 0 amide bonds. The molecular weight excluding hydrogens is 374 g/mol. The molecule has 6 heteroatoms. The first-order chi connectivity index (χ1) is 11.7. The summed E-state index contributed by atoms with van der Waals surface area (Å²) in [6.45, 7) is 4.30. The summed E-state index contributed by atoms with van der Waals surface area (Å²) in [6.07, 6.45) is 0. The van der Waals surface area contributed by atoms with Crippen molar-refractivity contribution in [3.05, 3.63) is 45.9 Å². The van der Waals surface area contributed by atoms with E-state index in [1.54, 1.807) is 7.11 Å². The van der Waals surface area contributed by atoms with Gasteiger partial charge in [0, 0.05) is 13.1 Å². The third-order valence-electron chi connectivity index (χ3n) is 3.67. The third kappa shape index (κ3) is 3.76. The molecule has 2 aromatic carbocycles. The van der Waals surface area contributed by atoms with Crippen molar-refractivity contribution in [2.45, 2.75) is 20.0 Å². The van der Waals surface area contributed by atoms with Crippen LogP contribution < -0.4 is 24.3 Å². The Bertz CT molecular complexity index is 720. The summed E-state index contributed by atoms with van der Waals surface area (Å²) in [5.74, 6) is 3.07. The van der Waals surface area contributed by atoms with E-state index in [2.05, 4.69) is 21.2 Å². The molecule has 24 heavy (non-hydrogen) atoms. The van der Waals surface area contributed by atoms with Crippen LogP contribution in [0, 0.1) is 0 Å². The van der Waals surface area contributed by atoms with Crippen LogP contribution >= 0.6 is 15.9 Å². The van der Waals surface area contributed by atoms with Crippen LogP contribution in [0.4, 0.5) is 0 Å². The van der Waals surface area contributed by atoms with E-state index in [1.165, 1.54) is 0 Å². The van der Waals surface area contributed by atoms with Gasteiger partial charge in [0.05, 0.1) is 18.2 Å². The fourth-order valence-electron chi connectivity index (χ4n) is 2.56. The van der Waals surface area contributed by atoms with Gasteiger partial charge >= 0.3 is 0 Å². The third-order valence-corrected chi connectivity index (χ3v) is 4.26. The minimum absolute atomic E-state index is 0.298. The fraction of sp³-hybridized carbons (Fsp3) is 0.333. The van der Waals surface area contributed by atoms with E-state index in [4.69, 9.17) is 18.9 Å². The highest BCUT2D eigenvalue weighted by Crippen LogP contribution is 2.36. The predicted molar refractivity (Wildman–Crippen MR) is 95.0 cm³/mol. The van der Waals surface area contributed by atoms with Crippen LogP contribution in [0.15, 0.2) is 34.8 Å². The van der Waals surface area contributed by atoms with Gasteiger partial charge in [0.25, 0.3) is 0 Å². The van der Waals surface area contributed by atoms with Crippen LogP contribution in [-0.4, -0.2) is 20.5 Å². The molecule has 1 aliphatic heterocycles. The highest BCUT2D eigenvalue weighted by molar-refractivity contribution is 9.10. The smallest absolute Gasteiger partial charge is 0.231 e. The minimum Gasteiger partial charge on any atom is -0.493 e. The first-order valence-corrected chi connectivity index (χ1v) is 8.59. The second-order valence-electron chi connectivity index (χ2n) is 5.33. The topological polar surface area (TPSA) is 49.0 Å². The van der Waals surface area contributed by atoms with E-state index in [9.17, 15) is 0 Å². The highest BCUT2D eigenvalue weighted by atomic mass is 79.9. The van der Waals surface area contributed by atoms with Crippen molar-refractivity contribution in [2.75, 3.05) is 20.5 Å². The van der Waals surface area contributed by atoms with E-state index < -0.39 is 0 Å². The lowest BCUT2D eigenvalue weighted by Crippen LogP contribution is -2.13. The number of hydrogen-bond acceptors (Lipinski definition) is 5. The molecule has 1 aliphatic rings. The molecule has 0 saturated heterocycles. The van der Waals surface area contributed by atoms with Crippen LogP contribution in [0.3, 0.4) is 0 Å². The van der Waals surface area contributed by atoms with E-state index in [0.29, 0.717) is 13.4 Å². The molecule has 0 atom stereocenters. The van der Waals surface area contributed by atoms with Crippen molar-refractivity contribution >= 4 is 15.9 Å². The van der Waals surface area contributed by atoms with Gasteiger partial charge in [-0.15, -0.1) is 0 Å². The number of fused-ring (bicyclic) bond motifs is 1. The Morgan fingerprint density at radius 2 is 1.88 bits per heavy atom. The lowest BCUT2D eigenvalue weighted by Gasteiger charge is -2.14. The minimum atomic E-state index is 0.298. The van der Waals surface area contributed by atoms with Crippen LogP contribution in [0.5, 0.6) is 23.0 Å². The number of rotatable bonds is 7. The first kappa shape index (κ1) is 16.9. The molecule has 128 valence electrons. The van der Waals surface area contributed by atoms with E-state index in [1.807, 2.05) is 37.3 Å². The average molecular weight is 394 g/mol. The van der Waals surface area contributed by atoms with E-state index in [0.717, 1.165) is 51.7 Å². The number of benzene rings is 2. The zero-order chi connectivity index (χ0) is 16.9. The van der Waals surface area contributed by atoms with Crippen LogP contribution in [0.2, 0.25) is 0 Å². The molecule has 0 saturated carbocycles. The molecule has 1 heterocycles. The molecule has 0 fully saturated rings. The zero-order valence-electron chi connectivity index (χ0n) is 13.7. The summed E-state index contributed by atoms with van der Waals surface area (Å²) in [5, 5.41) is 3.43. The van der Waals surface area contributed by atoms with Gasteiger partial charge < -0.3 is 24.3 Å². The SMILES string of the molecule is CCOc1c(Br)cc(CNCc2ccc3c(c2)OCO3)cc1OC. The lowest BCUT2D eigenvalue weighted by molar-refractivity contribution is 0.174. The molecule has 1 N–H and O–H groups in total. The van der Waals surface area contributed by atoms with Gasteiger partial charge in [0.1, 0.15) is 0 Å².